The van der Waals surface area contributed by atoms with Crippen molar-refractivity contribution in [3.8, 4) is 0 Å². The Morgan fingerprint density at radius 3 is 2.64 bits per heavy atom. The zero-order valence-corrected chi connectivity index (χ0v) is 7.30. The van der Waals surface area contributed by atoms with E-state index in [0.29, 0.717) is 5.92 Å². The molecule has 0 saturated heterocycles. The second-order valence-electron chi connectivity index (χ2n) is 3.34. The number of hydrogen-bond donors (Lipinski definition) is 1. The van der Waals surface area contributed by atoms with E-state index in [1.165, 1.54) is 11.1 Å². The van der Waals surface area contributed by atoms with Gasteiger partial charge in [-0.15, -0.1) is 0 Å². The van der Waals surface area contributed by atoms with Gasteiger partial charge < -0.3 is 5.11 Å². The summed E-state index contributed by atoms with van der Waals surface area (Å²) in [7, 11) is 0. The minimum absolute atomic E-state index is 0.277. The molecule has 1 aliphatic rings. The summed E-state index contributed by atoms with van der Waals surface area (Å²) in [6.45, 7) is 4.50. The number of aliphatic hydroxyl groups excluding tert-OH is 1. The van der Waals surface area contributed by atoms with Gasteiger partial charge >= 0.3 is 0 Å². The fourth-order valence-electron chi connectivity index (χ4n) is 1.29. The van der Waals surface area contributed by atoms with Gasteiger partial charge in [0.15, 0.2) is 0 Å². The number of rotatable bonds is 2. The lowest BCUT2D eigenvalue weighted by Crippen LogP contribution is -2.06. The Labute approximate surface area is 68.4 Å². The lowest BCUT2D eigenvalue weighted by molar-refractivity contribution is 0.253. The normalized spacial score (nSPS) is 20.6. The molecular weight excluding hydrogens is 136 g/mol. The van der Waals surface area contributed by atoms with Crippen LogP contribution in [-0.4, -0.2) is 11.7 Å². The van der Waals surface area contributed by atoms with Crippen LogP contribution in [0, 0.1) is 5.92 Å². The first-order valence-corrected chi connectivity index (χ1v) is 4.21. The van der Waals surface area contributed by atoms with Gasteiger partial charge in [-0.1, -0.05) is 30.2 Å². The van der Waals surface area contributed by atoms with E-state index >= 15 is 0 Å². The molecule has 1 rings (SSSR count). The zero-order valence-electron chi connectivity index (χ0n) is 7.30. The summed E-state index contributed by atoms with van der Waals surface area (Å²) in [6.07, 6.45) is 6.60. The average molecular weight is 152 g/mol. The van der Waals surface area contributed by atoms with Gasteiger partial charge in [-0.2, -0.15) is 0 Å². The van der Waals surface area contributed by atoms with Crippen LogP contribution in [-0.2, 0) is 0 Å². The molecule has 1 nitrogen and oxygen atoms in total. The van der Waals surface area contributed by atoms with Gasteiger partial charge in [-0.3, -0.25) is 0 Å². The van der Waals surface area contributed by atoms with Crippen LogP contribution in [0.25, 0.3) is 0 Å². The highest BCUT2D eigenvalue weighted by Crippen LogP contribution is 2.23. The third-order valence-electron chi connectivity index (χ3n) is 2.30. The third kappa shape index (κ3) is 2.19. The second-order valence-corrected chi connectivity index (χ2v) is 3.34. The van der Waals surface area contributed by atoms with E-state index in [1.807, 2.05) is 0 Å². The van der Waals surface area contributed by atoms with Gasteiger partial charge in [-0.05, 0) is 19.8 Å². The van der Waals surface area contributed by atoms with E-state index in [9.17, 15) is 0 Å². The van der Waals surface area contributed by atoms with Crippen molar-refractivity contribution in [1.29, 1.82) is 0 Å². The molecule has 62 valence electrons. The van der Waals surface area contributed by atoms with E-state index in [0.717, 1.165) is 12.8 Å². The van der Waals surface area contributed by atoms with Crippen LogP contribution in [0.2, 0.25) is 0 Å². The maximum Gasteiger partial charge on any atom is 0.0493 e. The minimum Gasteiger partial charge on any atom is -0.396 e. The monoisotopic (exact) mass is 152 g/mol. The molecule has 0 aromatic heterocycles. The molecule has 0 saturated carbocycles. The first-order valence-electron chi connectivity index (χ1n) is 4.21. The van der Waals surface area contributed by atoms with Crippen molar-refractivity contribution < 1.29 is 5.11 Å². The van der Waals surface area contributed by atoms with Crippen molar-refractivity contribution in [2.75, 3.05) is 6.61 Å². The summed E-state index contributed by atoms with van der Waals surface area (Å²) in [5.41, 5.74) is 2.83. The summed E-state index contributed by atoms with van der Waals surface area (Å²) in [5.74, 6) is 0.347. The predicted octanol–water partition coefficient (Wildman–Crippen LogP) is 2.28. The highest BCUT2D eigenvalue weighted by molar-refractivity contribution is 5.24. The van der Waals surface area contributed by atoms with Gasteiger partial charge in [0.25, 0.3) is 0 Å². The maximum atomic E-state index is 8.89. The fourth-order valence-corrected chi connectivity index (χ4v) is 1.29. The number of hydrogen-bond acceptors (Lipinski definition) is 1. The molecule has 0 spiro atoms. The number of aliphatic hydroxyl groups is 1. The molecule has 0 aromatic carbocycles. The maximum absolute atomic E-state index is 8.89. The first kappa shape index (κ1) is 8.54. The van der Waals surface area contributed by atoms with Crippen LogP contribution in [0.3, 0.4) is 0 Å². The molecule has 0 aliphatic heterocycles. The zero-order chi connectivity index (χ0) is 8.27. The van der Waals surface area contributed by atoms with Gasteiger partial charge in [0, 0.05) is 12.5 Å². The largest absolute Gasteiger partial charge is 0.396 e. The SMILES string of the molecule is CC1=CC=C(C(C)CO)CC1. The van der Waals surface area contributed by atoms with Crippen molar-refractivity contribution >= 4 is 0 Å². The molecule has 0 radical (unpaired) electrons. The minimum atomic E-state index is 0.277. The van der Waals surface area contributed by atoms with Crippen LogP contribution in [0.5, 0.6) is 0 Å². The predicted molar refractivity (Wildman–Crippen MR) is 47.3 cm³/mol. The van der Waals surface area contributed by atoms with Crippen molar-refractivity contribution in [1.82, 2.24) is 0 Å². The van der Waals surface area contributed by atoms with Crippen LogP contribution in [0.15, 0.2) is 23.3 Å². The Hall–Kier alpha value is -0.560. The molecule has 1 heteroatoms. The van der Waals surface area contributed by atoms with E-state index in [1.54, 1.807) is 0 Å². The summed E-state index contributed by atoms with van der Waals surface area (Å²) in [6, 6.07) is 0. The first-order chi connectivity index (χ1) is 5.24. The highest BCUT2D eigenvalue weighted by atomic mass is 16.3. The van der Waals surface area contributed by atoms with E-state index < -0.39 is 0 Å². The molecule has 0 aromatic rings. The van der Waals surface area contributed by atoms with Crippen molar-refractivity contribution in [3.05, 3.63) is 23.3 Å². The molecule has 11 heavy (non-hydrogen) atoms. The van der Waals surface area contributed by atoms with E-state index in [-0.39, 0.29) is 6.61 Å². The summed E-state index contributed by atoms with van der Waals surface area (Å²) < 4.78 is 0. The molecular formula is C10H16O. The smallest absolute Gasteiger partial charge is 0.0493 e. The standard InChI is InChI=1S/C10H16O/c1-8-3-5-10(6-4-8)9(2)7-11/h3,5,9,11H,4,6-7H2,1-2H3. The van der Waals surface area contributed by atoms with E-state index in [2.05, 4.69) is 26.0 Å². The Kier molecular flexibility index (Phi) is 2.89. The van der Waals surface area contributed by atoms with Crippen molar-refractivity contribution in [3.63, 3.8) is 0 Å². The fraction of sp³-hybridized carbons (Fsp3) is 0.600. The molecule has 1 atom stereocenters. The Morgan fingerprint density at radius 1 is 1.45 bits per heavy atom. The van der Waals surface area contributed by atoms with Crippen LogP contribution in [0.1, 0.15) is 26.7 Å². The van der Waals surface area contributed by atoms with Crippen LogP contribution >= 0.6 is 0 Å². The van der Waals surface area contributed by atoms with Gasteiger partial charge in [0.1, 0.15) is 0 Å². The number of allylic oxidation sites excluding steroid dienone is 3. The molecule has 1 N–H and O–H groups in total. The lowest BCUT2D eigenvalue weighted by Gasteiger charge is -2.16. The van der Waals surface area contributed by atoms with Gasteiger partial charge in [0.2, 0.25) is 0 Å². The Balaban J connectivity index is 2.60. The molecule has 1 aliphatic carbocycles. The molecule has 0 amide bonds. The van der Waals surface area contributed by atoms with Crippen molar-refractivity contribution in [2.24, 2.45) is 5.92 Å². The van der Waals surface area contributed by atoms with Crippen molar-refractivity contribution in [2.45, 2.75) is 26.7 Å². The topological polar surface area (TPSA) is 20.2 Å². The van der Waals surface area contributed by atoms with E-state index in [4.69, 9.17) is 5.11 Å². The van der Waals surface area contributed by atoms with Gasteiger partial charge in [0.05, 0.1) is 0 Å². The average Bonchev–Trinajstić information content (AvgIpc) is 2.05. The Morgan fingerprint density at radius 2 is 2.18 bits per heavy atom. The highest BCUT2D eigenvalue weighted by Gasteiger charge is 2.09. The molecule has 0 bridgehead atoms. The third-order valence-corrected chi connectivity index (χ3v) is 2.30. The summed E-state index contributed by atoms with van der Waals surface area (Å²) in [4.78, 5) is 0. The van der Waals surface area contributed by atoms with Crippen LogP contribution in [0.4, 0.5) is 0 Å². The van der Waals surface area contributed by atoms with Gasteiger partial charge in [-0.25, -0.2) is 0 Å². The lowest BCUT2D eigenvalue weighted by atomic mass is 9.91. The molecule has 1 unspecified atom stereocenters. The summed E-state index contributed by atoms with van der Waals surface area (Å²) in [5, 5.41) is 8.89. The Bertz CT molecular complexity index is 189. The molecule has 0 fully saturated rings. The summed E-state index contributed by atoms with van der Waals surface area (Å²) >= 11 is 0. The molecule has 0 heterocycles. The quantitative estimate of drug-likeness (QED) is 0.643. The second kappa shape index (κ2) is 3.72. The van der Waals surface area contributed by atoms with Crippen LogP contribution < -0.4 is 0 Å².